The quantitative estimate of drug-likeness (QED) is 0.581. The smallest absolute Gasteiger partial charge is 0.239 e. The van der Waals surface area contributed by atoms with Crippen LogP contribution in [-0.4, -0.2) is 42.0 Å². The SMILES string of the molecule is C[C@H](N)C(=O)N1[C@H](C)CNC[C@@H]1C. The molecule has 3 atom stereocenters. The number of nitrogens with two attached hydrogens (primary N) is 1. The van der Waals surface area contributed by atoms with E-state index in [1.807, 2.05) is 18.7 Å². The number of nitrogens with zero attached hydrogens (tertiary/aromatic N) is 1. The molecule has 4 nitrogen and oxygen atoms in total. The Bertz CT molecular complexity index is 183. The molecule has 1 heterocycles. The van der Waals surface area contributed by atoms with Crippen LogP contribution in [0.1, 0.15) is 20.8 Å². The lowest BCUT2D eigenvalue weighted by Gasteiger charge is -2.40. The second-order valence-corrected chi connectivity index (χ2v) is 3.89. The van der Waals surface area contributed by atoms with E-state index in [-0.39, 0.29) is 24.0 Å². The molecule has 0 bridgehead atoms. The predicted octanol–water partition coefficient (Wildman–Crippen LogP) is -0.458. The summed E-state index contributed by atoms with van der Waals surface area (Å²) in [6, 6.07) is 0.118. The lowest BCUT2D eigenvalue weighted by atomic mass is 10.1. The molecule has 76 valence electrons. The van der Waals surface area contributed by atoms with Crippen LogP contribution in [-0.2, 0) is 4.79 Å². The molecule has 0 aromatic carbocycles. The van der Waals surface area contributed by atoms with Crippen molar-refractivity contribution in [1.82, 2.24) is 10.2 Å². The molecule has 0 aromatic rings. The van der Waals surface area contributed by atoms with Crippen LogP contribution >= 0.6 is 0 Å². The topological polar surface area (TPSA) is 58.4 Å². The summed E-state index contributed by atoms with van der Waals surface area (Å²) in [5.41, 5.74) is 5.58. The second kappa shape index (κ2) is 4.07. The summed E-state index contributed by atoms with van der Waals surface area (Å²) < 4.78 is 0. The van der Waals surface area contributed by atoms with Gasteiger partial charge in [-0.15, -0.1) is 0 Å². The van der Waals surface area contributed by atoms with Gasteiger partial charge >= 0.3 is 0 Å². The van der Waals surface area contributed by atoms with Crippen molar-refractivity contribution < 1.29 is 4.79 Å². The highest BCUT2D eigenvalue weighted by atomic mass is 16.2. The van der Waals surface area contributed by atoms with Crippen molar-refractivity contribution in [3.8, 4) is 0 Å². The maximum Gasteiger partial charge on any atom is 0.239 e. The van der Waals surface area contributed by atoms with Crippen LogP contribution in [0.25, 0.3) is 0 Å². The summed E-state index contributed by atoms with van der Waals surface area (Å²) in [4.78, 5) is 13.6. The molecule has 1 amide bonds. The summed E-state index contributed by atoms with van der Waals surface area (Å²) in [7, 11) is 0. The van der Waals surface area contributed by atoms with E-state index in [0.29, 0.717) is 0 Å². The predicted molar refractivity (Wildman–Crippen MR) is 52.3 cm³/mol. The van der Waals surface area contributed by atoms with Crippen molar-refractivity contribution in [3.63, 3.8) is 0 Å². The zero-order valence-electron chi connectivity index (χ0n) is 8.58. The van der Waals surface area contributed by atoms with E-state index in [1.165, 1.54) is 0 Å². The van der Waals surface area contributed by atoms with Crippen LogP contribution in [0.3, 0.4) is 0 Å². The minimum absolute atomic E-state index is 0.0569. The molecule has 4 heteroatoms. The molecule has 0 aromatic heterocycles. The van der Waals surface area contributed by atoms with Gasteiger partial charge in [0.2, 0.25) is 5.91 Å². The first-order valence-corrected chi connectivity index (χ1v) is 4.82. The van der Waals surface area contributed by atoms with Gasteiger partial charge in [-0.1, -0.05) is 0 Å². The Labute approximate surface area is 79.5 Å². The average molecular weight is 185 g/mol. The number of carbonyl (C=O) groups excluding carboxylic acids is 1. The van der Waals surface area contributed by atoms with Gasteiger partial charge in [-0.05, 0) is 20.8 Å². The molecule has 1 saturated heterocycles. The largest absolute Gasteiger partial charge is 0.333 e. The van der Waals surface area contributed by atoms with E-state index < -0.39 is 0 Å². The van der Waals surface area contributed by atoms with Crippen LogP contribution in [0.4, 0.5) is 0 Å². The third-order valence-corrected chi connectivity index (χ3v) is 2.47. The van der Waals surface area contributed by atoms with E-state index >= 15 is 0 Å². The number of hydrogen-bond donors (Lipinski definition) is 2. The van der Waals surface area contributed by atoms with Gasteiger partial charge < -0.3 is 16.0 Å². The Morgan fingerprint density at radius 1 is 1.46 bits per heavy atom. The Morgan fingerprint density at radius 3 is 2.31 bits per heavy atom. The zero-order valence-corrected chi connectivity index (χ0v) is 8.58. The molecule has 0 spiro atoms. The molecule has 0 aliphatic carbocycles. The Hall–Kier alpha value is -0.610. The summed E-state index contributed by atoms with van der Waals surface area (Å²) in [5.74, 6) is 0.0569. The van der Waals surface area contributed by atoms with E-state index in [1.54, 1.807) is 6.92 Å². The first-order chi connectivity index (χ1) is 6.04. The standard InChI is InChI=1S/C9H19N3O/c1-6-4-11-5-7(2)12(6)9(13)8(3)10/h6-8,11H,4-5,10H2,1-3H3/t6-,7+,8-/m0/s1. The van der Waals surface area contributed by atoms with E-state index in [0.717, 1.165) is 13.1 Å². The van der Waals surface area contributed by atoms with E-state index in [9.17, 15) is 4.79 Å². The third kappa shape index (κ3) is 2.19. The van der Waals surface area contributed by atoms with Gasteiger partial charge in [-0.3, -0.25) is 4.79 Å². The van der Waals surface area contributed by atoms with Gasteiger partial charge in [0.15, 0.2) is 0 Å². The van der Waals surface area contributed by atoms with Gasteiger partial charge in [0.1, 0.15) is 0 Å². The number of rotatable bonds is 1. The normalized spacial score (nSPS) is 31.5. The van der Waals surface area contributed by atoms with E-state index in [4.69, 9.17) is 5.73 Å². The number of amides is 1. The van der Waals surface area contributed by atoms with Crippen molar-refractivity contribution >= 4 is 5.91 Å². The van der Waals surface area contributed by atoms with Gasteiger partial charge in [-0.2, -0.15) is 0 Å². The summed E-state index contributed by atoms with van der Waals surface area (Å²) >= 11 is 0. The maximum absolute atomic E-state index is 11.7. The summed E-state index contributed by atoms with van der Waals surface area (Å²) in [5, 5.41) is 3.27. The van der Waals surface area contributed by atoms with Crippen molar-refractivity contribution in [3.05, 3.63) is 0 Å². The van der Waals surface area contributed by atoms with E-state index in [2.05, 4.69) is 5.32 Å². The molecule has 1 fully saturated rings. The van der Waals surface area contributed by atoms with Crippen molar-refractivity contribution in [2.45, 2.75) is 38.9 Å². The van der Waals surface area contributed by atoms with Crippen LogP contribution in [0.5, 0.6) is 0 Å². The van der Waals surface area contributed by atoms with Crippen LogP contribution < -0.4 is 11.1 Å². The monoisotopic (exact) mass is 185 g/mol. The lowest BCUT2D eigenvalue weighted by Crippen LogP contribution is -2.60. The first kappa shape index (κ1) is 10.5. The lowest BCUT2D eigenvalue weighted by molar-refractivity contribution is -0.137. The van der Waals surface area contributed by atoms with Crippen molar-refractivity contribution in [1.29, 1.82) is 0 Å². The van der Waals surface area contributed by atoms with Crippen LogP contribution in [0.15, 0.2) is 0 Å². The first-order valence-electron chi connectivity index (χ1n) is 4.82. The molecule has 3 N–H and O–H groups in total. The highest BCUT2D eigenvalue weighted by Crippen LogP contribution is 2.10. The van der Waals surface area contributed by atoms with Crippen LogP contribution in [0.2, 0.25) is 0 Å². The van der Waals surface area contributed by atoms with Crippen molar-refractivity contribution in [2.75, 3.05) is 13.1 Å². The van der Waals surface area contributed by atoms with Gasteiger partial charge in [0.25, 0.3) is 0 Å². The Kier molecular flexibility index (Phi) is 3.27. The second-order valence-electron chi connectivity index (χ2n) is 3.89. The average Bonchev–Trinajstić information content (AvgIpc) is 2.03. The van der Waals surface area contributed by atoms with Crippen LogP contribution in [0, 0.1) is 0 Å². The Balaban J connectivity index is 2.68. The summed E-state index contributed by atoms with van der Waals surface area (Å²) in [6.07, 6.45) is 0. The Morgan fingerprint density at radius 2 is 1.92 bits per heavy atom. The summed E-state index contributed by atoms with van der Waals surface area (Å²) in [6.45, 7) is 7.56. The van der Waals surface area contributed by atoms with Gasteiger partial charge in [-0.25, -0.2) is 0 Å². The van der Waals surface area contributed by atoms with Crippen molar-refractivity contribution in [2.24, 2.45) is 5.73 Å². The number of hydrogen-bond acceptors (Lipinski definition) is 3. The number of piperazine rings is 1. The minimum atomic E-state index is -0.386. The van der Waals surface area contributed by atoms with Gasteiger partial charge in [0.05, 0.1) is 6.04 Å². The molecule has 1 aliphatic heterocycles. The van der Waals surface area contributed by atoms with Gasteiger partial charge in [0, 0.05) is 25.2 Å². The molecular formula is C9H19N3O. The highest BCUT2D eigenvalue weighted by molar-refractivity contribution is 5.81. The maximum atomic E-state index is 11.7. The molecular weight excluding hydrogens is 166 g/mol. The number of nitrogens with one attached hydrogen (secondary N) is 1. The molecule has 1 rings (SSSR count). The minimum Gasteiger partial charge on any atom is -0.333 e. The highest BCUT2D eigenvalue weighted by Gasteiger charge is 2.29. The molecule has 1 aliphatic rings. The third-order valence-electron chi connectivity index (χ3n) is 2.47. The fourth-order valence-corrected chi connectivity index (χ4v) is 1.80. The number of carbonyl (C=O) groups is 1. The fourth-order valence-electron chi connectivity index (χ4n) is 1.80. The molecule has 0 unspecified atom stereocenters. The zero-order chi connectivity index (χ0) is 10.0. The molecule has 0 radical (unpaired) electrons. The molecule has 0 saturated carbocycles. The molecule has 13 heavy (non-hydrogen) atoms. The fraction of sp³-hybridized carbons (Fsp3) is 0.889.